The van der Waals surface area contributed by atoms with Crippen LogP contribution in [0.15, 0.2) is 5.16 Å². The predicted octanol–water partition coefficient (Wildman–Crippen LogP) is 3.30. The van der Waals surface area contributed by atoms with Gasteiger partial charge in [-0.25, -0.2) is 0 Å². The Kier molecular flexibility index (Phi) is 5.42. The van der Waals surface area contributed by atoms with Crippen LogP contribution in [0.4, 0.5) is 0 Å². The van der Waals surface area contributed by atoms with E-state index in [0.717, 1.165) is 29.6 Å². The molecule has 1 atom stereocenters. The van der Waals surface area contributed by atoms with Gasteiger partial charge in [-0.05, 0) is 30.4 Å². The van der Waals surface area contributed by atoms with Crippen LogP contribution in [0, 0.1) is 11.8 Å². The maximum Gasteiger partial charge on any atom is 0.191 e. The molecule has 18 heavy (non-hydrogen) atoms. The molecule has 1 unspecified atom stereocenters. The van der Waals surface area contributed by atoms with E-state index in [0.29, 0.717) is 11.8 Å². The first-order valence-electron chi connectivity index (χ1n) is 6.88. The Morgan fingerprint density at radius 1 is 1.28 bits per heavy atom. The number of nitrogens with zero attached hydrogens (tertiary/aromatic N) is 3. The summed E-state index contributed by atoms with van der Waals surface area (Å²) in [5.74, 6) is 4.56. The van der Waals surface area contributed by atoms with Crippen LogP contribution < -0.4 is 0 Å². The van der Waals surface area contributed by atoms with Gasteiger partial charge in [0.2, 0.25) is 0 Å². The van der Waals surface area contributed by atoms with Crippen LogP contribution in [0.3, 0.4) is 0 Å². The fraction of sp³-hybridized carbons (Fsp3) is 0.846. The molecule has 0 saturated heterocycles. The van der Waals surface area contributed by atoms with Crippen LogP contribution in [0.1, 0.15) is 38.9 Å². The lowest BCUT2D eigenvalue weighted by Crippen LogP contribution is -2.14. The SMILES string of the molecule is CC(C)C(CS)CSc1nnc2n1CCCCC2. The molecule has 0 saturated carbocycles. The van der Waals surface area contributed by atoms with Gasteiger partial charge in [0.05, 0.1) is 0 Å². The highest BCUT2D eigenvalue weighted by molar-refractivity contribution is 7.99. The molecule has 0 amide bonds. The first-order chi connectivity index (χ1) is 8.72. The molecule has 1 aromatic heterocycles. The van der Waals surface area contributed by atoms with Crippen molar-refractivity contribution in [2.24, 2.45) is 11.8 Å². The summed E-state index contributed by atoms with van der Waals surface area (Å²) in [4.78, 5) is 0. The fourth-order valence-electron chi connectivity index (χ4n) is 2.20. The van der Waals surface area contributed by atoms with Gasteiger partial charge in [0, 0.05) is 18.7 Å². The van der Waals surface area contributed by atoms with Crippen LogP contribution in [0.25, 0.3) is 0 Å². The second kappa shape index (κ2) is 6.85. The molecule has 0 N–H and O–H groups in total. The number of thiol groups is 1. The summed E-state index contributed by atoms with van der Waals surface area (Å²) in [7, 11) is 0. The van der Waals surface area contributed by atoms with E-state index in [1.165, 1.54) is 25.1 Å². The largest absolute Gasteiger partial charge is 0.306 e. The third-order valence-corrected chi connectivity index (χ3v) is 5.30. The molecule has 1 aliphatic heterocycles. The third-order valence-electron chi connectivity index (χ3n) is 3.68. The number of rotatable bonds is 5. The molecular formula is C13H23N3S2. The molecule has 102 valence electrons. The van der Waals surface area contributed by atoms with Gasteiger partial charge in [0.15, 0.2) is 5.16 Å². The summed E-state index contributed by atoms with van der Waals surface area (Å²) in [5.41, 5.74) is 0. The van der Waals surface area contributed by atoms with Crippen LogP contribution in [0.5, 0.6) is 0 Å². The Bertz CT molecular complexity index is 376. The topological polar surface area (TPSA) is 30.7 Å². The van der Waals surface area contributed by atoms with Crippen LogP contribution in [-0.4, -0.2) is 26.3 Å². The minimum atomic E-state index is 0.650. The average Bonchev–Trinajstić information content (AvgIpc) is 2.59. The van der Waals surface area contributed by atoms with E-state index < -0.39 is 0 Å². The first kappa shape index (κ1) is 14.3. The number of aromatic nitrogens is 3. The number of thioether (sulfide) groups is 1. The van der Waals surface area contributed by atoms with Gasteiger partial charge < -0.3 is 4.57 Å². The second-order valence-corrected chi connectivity index (χ2v) is 6.71. The van der Waals surface area contributed by atoms with Gasteiger partial charge in [-0.15, -0.1) is 10.2 Å². The first-order valence-corrected chi connectivity index (χ1v) is 8.50. The Morgan fingerprint density at radius 2 is 2.11 bits per heavy atom. The minimum absolute atomic E-state index is 0.650. The van der Waals surface area contributed by atoms with Crippen LogP contribution in [0.2, 0.25) is 0 Å². The zero-order valence-electron chi connectivity index (χ0n) is 11.3. The van der Waals surface area contributed by atoms with Gasteiger partial charge in [-0.2, -0.15) is 12.6 Å². The van der Waals surface area contributed by atoms with E-state index in [9.17, 15) is 0 Å². The Labute approximate surface area is 120 Å². The van der Waals surface area contributed by atoms with Crippen LogP contribution in [-0.2, 0) is 13.0 Å². The standard InChI is InChI=1S/C13H23N3S2/c1-10(2)11(8-17)9-18-13-15-14-12-6-4-3-5-7-16(12)13/h10-11,17H,3-9H2,1-2H3. The molecule has 2 rings (SSSR count). The third kappa shape index (κ3) is 3.44. The van der Waals surface area contributed by atoms with Crippen molar-refractivity contribution in [3.63, 3.8) is 0 Å². The van der Waals surface area contributed by atoms with Gasteiger partial charge >= 0.3 is 0 Å². The van der Waals surface area contributed by atoms with Gasteiger partial charge in [0.25, 0.3) is 0 Å². The molecule has 0 bridgehead atoms. The summed E-state index contributed by atoms with van der Waals surface area (Å²) in [6, 6.07) is 0. The number of hydrogen-bond acceptors (Lipinski definition) is 4. The highest BCUT2D eigenvalue weighted by atomic mass is 32.2. The van der Waals surface area contributed by atoms with Crippen molar-refractivity contribution in [2.75, 3.05) is 11.5 Å². The number of fused-ring (bicyclic) bond motifs is 1. The van der Waals surface area contributed by atoms with E-state index >= 15 is 0 Å². The molecule has 2 heterocycles. The maximum atomic E-state index is 4.45. The summed E-state index contributed by atoms with van der Waals surface area (Å²) >= 11 is 6.30. The summed E-state index contributed by atoms with van der Waals surface area (Å²) in [5, 5.41) is 9.80. The van der Waals surface area contributed by atoms with Crippen molar-refractivity contribution in [2.45, 2.75) is 51.2 Å². The van der Waals surface area contributed by atoms with Crippen LogP contribution >= 0.6 is 24.4 Å². The molecule has 1 aromatic rings. The fourth-order valence-corrected chi connectivity index (χ4v) is 4.25. The van der Waals surface area contributed by atoms with E-state index in [-0.39, 0.29) is 0 Å². The molecule has 3 nitrogen and oxygen atoms in total. The molecule has 0 spiro atoms. The van der Waals surface area contributed by atoms with Crippen molar-refractivity contribution in [1.82, 2.24) is 14.8 Å². The van der Waals surface area contributed by atoms with Crippen molar-refractivity contribution in [1.29, 1.82) is 0 Å². The molecule has 5 heteroatoms. The van der Waals surface area contributed by atoms with E-state index in [1.807, 2.05) is 11.8 Å². The van der Waals surface area contributed by atoms with E-state index in [2.05, 4.69) is 41.2 Å². The lowest BCUT2D eigenvalue weighted by molar-refractivity contribution is 0.472. The molecule has 0 fully saturated rings. The molecule has 1 aliphatic rings. The predicted molar refractivity (Wildman–Crippen MR) is 80.5 cm³/mol. The van der Waals surface area contributed by atoms with Crippen molar-refractivity contribution >= 4 is 24.4 Å². The van der Waals surface area contributed by atoms with E-state index in [4.69, 9.17) is 0 Å². The normalized spacial score (nSPS) is 17.6. The summed E-state index contributed by atoms with van der Waals surface area (Å²) in [6.45, 7) is 5.63. The lowest BCUT2D eigenvalue weighted by Gasteiger charge is -2.17. The quantitative estimate of drug-likeness (QED) is 0.665. The monoisotopic (exact) mass is 285 g/mol. The van der Waals surface area contributed by atoms with Crippen molar-refractivity contribution < 1.29 is 0 Å². The highest BCUT2D eigenvalue weighted by Gasteiger charge is 2.17. The Balaban J connectivity index is 1.99. The van der Waals surface area contributed by atoms with Gasteiger partial charge in [-0.1, -0.05) is 32.0 Å². The van der Waals surface area contributed by atoms with E-state index in [1.54, 1.807) is 0 Å². The molecule has 0 radical (unpaired) electrons. The summed E-state index contributed by atoms with van der Waals surface area (Å²) in [6.07, 6.45) is 4.93. The highest BCUT2D eigenvalue weighted by Crippen LogP contribution is 2.26. The Morgan fingerprint density at radius 3 is 2.83 bits per heavy atom. The maximum absolute atomic E-state index is 4.45. The van der Waals surface area contributed by atoms with Crippen molar-refractivity contribution in [3.05, 3.63) is 5.82 Å². The zero-order valence-corrected chi connectivity index (χ0v) is 13.0. The average molecular weight is 285 g/mol. The molecule has 0 aromatic carbocycles. The van der Waals surface area contributed by atoms with Gasteiger partial charge in [-0.3, -0.25) is 0 Å². The Hall–Kier alpha value is -0.160. The smallest absolute Gasteiger partial charge is 0.191 e. The second-order valence-electron chi connectivity index (χ2n) is 5.36. The molecular weight excluding hydrogens is 262 g/mol. The molecule has 0 aliphatic carbocycles. The number of aryl methyl sites for hydroxylation is 1. The van der Waals surface area contributed by atoms with Crippen molar-refractivity contribution in [3.8, 4) is 0 Å². The number of hydrogen-bond donors (Lipinski definition) is 1. The lowest BCUT2D eigenvalue weighted by atomic mass is 10.0. The summed E-state index contributed by atoms with van der Waals surface area (Å²) < 4.78 is 2.33. The zero-order chi connectivity index (χ0) is 13.0. The minimum Gasteiger partial charge on any atom is -0.306 e. The van der Waals surface area contributed by atoms with Gasteiger partial charge in [0.1, 0.15) is 5.82 Å².